The summed E-state index contributed by atoms with van der Waals surface area (Å²) in [6, 6.07) is 7.60. The van der Waals surface area contributed by atoms with Crippen molar-refractivity contribution >= 4 is 28.0 Å². The lowest BCUT2D eigenvalue weighted by atomic mass is 10.2. The number of aromatic nitrogens is 6. The maximum absolute atomic E-state index is 6.21. The topological polar surface area (TPSA) is 82.0 Å². The highest BCUT2D eigenvalue weighted by Gasteiger charge is 2.17. The molecule has 3 aromatic heterocycles. The molecule has 8 heteroatoms. The lowest BCUT2D eigenvalue weighted by Crippen LogP contribution is -1.97. The highest BCUT2D eigenvalue weighted by molar-refractivity contribution is 6.34. The Kier molecular flexibility index (Phi) is 2.25. The molecule has 20 heavy (non-hydrogen) atoms. The van der Waals surface area contributed by atoms with Gasteiger partial charge in [-0.25, -0.2) is 0 Å². The molecule has 0 spiro atoms. The SMILES string of the molecule is Cc1nc(-c2nnc3c4ccccc4c(Cl)nn23)no1. The first-order valence-electron chi connectivity index (χ1n) is 5.84. The van der Waals surface area contributed by atoms with Crippen molar-refractivity contribution in [3.05, 3.63) is 35.3 Å². The van der Waals surface area contributed by atoms with Gasteiger partial charge in [0.05, 0.1) is 0 Å². The van der Waals surface area contributed by atoms with Crippen LogP contribution < -0.4 is 0 Å². The zero-order valence-corrected chi connectivity index (χ0v) is 11.0. The van der Waals surface area contributed by atoms with Gasteiger partial charge in [0.1, 0.15) is 0 Å². The van der Waals surface area contributed by atoms with Crippen LogP contribution in [0.5, 0.6) is 0 Å². The summed E-state index contributed by atoms with van der Waals surface area (Å²) in [6.45, 7) is 1.70. The molecule has 0 fully saturated rings. The zero-order chi connectivity index (χ0) is 13.7. The zero-order valence-electron chi connectivity index (χ0n) is 10.3. The van der Waals surface area contributed by atoms with Crippen molar-refractivity contribution in [2.45, 2.75) is 6.92 Å². The standard InChI is InChI=1S/C12H7ClN6O/c1-6-14-10(18-20-6)12-16-15-11-8-5-3-2-4-7(8)9(13)17-19(11)12/h2-5H,1H3. The van der Waals surface area contributed by atoms with Gasteiger partial charge < -0.3 is 4.52 Å². The Balaban J connectivity index is 2.11. The molecule has 0 unspecified atom stereocenters. The van der Waals surface area contributed by atoms with E-state index in [4.69, 9.17) is 16.1 Å². The number of benzene rings is 1. The predicted molar refractivity (Wildman–Crippen MR) is 71.3 cm³/mol. The van der Waals surface area contributed by atoms with Crippen LogP contribution in [0.25, 0.3) is 28.1 Å². The molecule has 98 valence electrons. The van der Waals surface area contributed by atoms with E-state index in [9.17, 15) is 0 Å². The predicted octanol–water partition coefficient (Wildman–Crippen LogP) is 2.29. The van der Waals surface area contributed by atoms with Gasteiger partial charge in [-0.3, -0.25) is 0 Å². The molecular formula is C12H7ClN6O. The molecular weight excluding hydrogens is 280 g/mol. The summed E-state index contributed by atoms with van der Waals surface area (Å²) in [7, 11) is 0. The maximum Gasteiger partial charge on any atom is 0.242 e. The van der Waals surface area contributed by atoms with E-state index < -0.39 is 0 Å². The fourth-order valence-electron chi connectivity index (χ4n) is 2.07. The van der Waals surface area contributed by atoms with Crippen LogP contribution in [-0.2, 0) is 0 Å². The quantitative estimate of drug-likeness (QED) is 0.534. The fourth-order valence-corrected chi connectivity index (χ4v) is 2.31. The van der Waals surface area contributed by atoms with E-state index in [1.807, 2.05) is 24.3 Å². The largest absolute Gasteiger partial charge is 0.339 e. The Hall–Kier alpha value is -2.54. The Bertz CT molecular complexity index is 944. The van der Waals surface area contributed by atoms with Gasteiger partial charge in [0.25, 0.3) is 0 Å². The average Bonchev–Trinajstić information content (AvgIpc) is 3.05. The molecule has 0 saturated heterocycles. The van der Waals surface area contributed by atoms with Crippen molar-refractivity contribution in [2.75, 3.05) is 0 Å². The number of halogens is 1. The molecule has 0 aliphatic heterocycles. The van der Waals surface area contributed by atoms with E-state index in [2.05, 4.69) is 25.4 Å². The summed E-state index contributed by atoms with van der Waals surface area (Å²) in [6.07, 6.45) is 0. The van der Waals surface area contributed by atoms with Crippen molar-refractivity contribution < 1.29 is 4.52 Å². The molecule has 0 radical (unpaired) electrons. The summed E-state index contributed by atoms with van der Waals surface area (Å²) in [5.41, 5.74) is 0.599. The van der Waals surface area contributed by atoms with Crippen LogP contribution in [0.3, 0.4) is 0 Å². The van der Waals surface area contributed by atoms with Gasteiger partial charge in [0, 0.05) is 17.7 Å². The van der Waals surface area contributed by atoms with Gasteiger partial charge in [-0.2, -0.15) is 14.6 Å². The lowest BCUT2D eigenvalue weighted by Gasteiger charge is -2.01. The summed E-state index contributed by atoms with van der Waals surface area (Å²) < 4.78 is 6.47. The molecule has 0 bridgehead atoms. The smallest absolute Gasteiger partial charge is 0.242 e. The minimum atomic E-state index is 0.328. The molecule has 0 saturated carbocycles. The molecule has 0 amide bonds. The van der Waals surface area contributed by atoms with Crippen LogP contribution in [-0.4, -0.2) is 30.0 Å². The lowest BCUT2D eigenvalue weighted by molar-refractivity contribution is 0.394. The van der Waals surface area contributed by atoms with Crippen molar-refractivity contribution in [1.82, 2.24) is 30.0 Å². The molecule has 0 N–H and O–H groups in total. The highest BCUT2D eigenvalue weighted by Crippen LogP contribution is 2.26. The number of hydrogen-bond donors (Lipinski definition) is 0. The van der Waals surface area contributed by atoms with Gasteiger partial charge in [0.2, 0.25) is 17.5 Å². The third kappa shape index (κ3) is 1.50. The first-order valence-corrected chi connectivity index (χ1v) is 6.22. The molecule has 0 atom stereocenters. The molecule has 1 aromatic carbocycles. The van der Waals surface area contributed by atoms with Gasteiger partial charge in [-0.1, -0.05) is 41.0 Å². The molecule has 3 heterocycles. The summed E-state index contributed by atoms with van der Waals surface area (Å²) in [5, 5.41) is 18.4. The van der Waals surface area contributed by atoms with Crippen LogP contribution in [0.15, 0.2) is 28.8 Å². The number of nitrogens with zero attached hydrogens (tertiary/aromatic N) is 6. The second-order valence-corrected chi connectivity index (χ2v) is 4.59. The van der Waals surface area contributed by atoms with Crippen molar-refractivity contribution in [1.29, 1.82) is 0 Å². The first-order chi connectivity index (χ1) is 9.74. The van der Waals surface area contributed by atoms with E-state index in [1.54, 1.807) is 6.92 Å². The first kappa shape index (κ1) is 11.3. The molecule has 4 aromatic rings. The van der Waals surface area contributed by atoms with Gasteiger partial charge in [-0.05, 0) is 0 Å². The second-order valence-electron chi connectivity index (χ2n) is 4.23. The summed E-state index contributed by atoms with van der Waals surface area (Å²) in [5.74, 6) is 1.17. The molecule has 0 aliphatic rings. The highest BCUT2D eigenvalue weighted by atomic mass is 35.5. The van der Waals surface area contributed by atoms with Gasteiger partial charge in [-0.15, -0.1) is 10.2 Å². The van der Waals surface area contributed by atoms with Crippen LogP contribution in [0.2, 0.25) is 5.15 Å². The maximum atomic E-state index is 6.21. The van der Waals surface area contributed by atoms with Crippen LogP contribution in [0.4, 0.5) is 0 Å². The van der Waals surface area contributed by atoms with E-state index in [-0.39, 0.29) is 0 Å². The fraction of sp³-hybridized carbons (Fsp3) is 0.0833. The minimum Gasteiger partial charge on any atom is -0.339 e. The minimum absolute atomic E-state index is 0.328. The Morgan fingerprint density at radius 1 is 1.15 bits per heavy atom. The van der Waals surface area contributed by atoms with Crippen molar-refractivity contribution in [2.24, 2.45) is 0 Å². The van der Waals surface area contributed by atoms with E-state index >= 15 is 0 Å². The average molecular weight is 287 g/mol. The van der Waals surface area contributed by atoms with E-state index in [1.165, 1.54) is 4.52 Å². The third-order valence-electron chi connectivity index (χ3n) is 2.95. The van der Waals surface area contributed by atoms with E-state index in [0.29, 0.717) is 28.3 Å². The molecule has 7 nitrogen and oxygen atoms in total. The molecule has 4 rings (SSSR count). The normalized spacial score (nSPS) is 11.5. The van der Waals surface area contributed by atoms with E-state index in [0.717, 1.165) is 10.8 Å². The summed E-state index contributed by atoms with van der Waals surface area (Å²) in [4.78, 5) is 4.13. The van der Waals surface area contributed by atoms with Gasteiger partial charge >= 0.3 is 0 Å². The molecule has 0 aliphatic carbocycles. The number of aryl methyl sites for hydroxylation is 1. The van der Waals surface area contributed by atoms with Crippen LogP contribution in [0.1, 0.15) is 5.89 Å². The Morgan fingerprint density at radius 2 is 1.95 bits per heavy atom. The number of rotatable bonds is 1. The van der Waals surface area contributed by atoms with Crippen molar-refractivity contribution in [3.63, 3.8) is 0 Å². The Morgan fingerprint density at radius 3 is 2.70 bits per heavy atom. The number of hydrogen-bond acceptors (Lipinski definition) is 6. The van der Waals surface area contributed by atoms with Gasteiger partial charge in [0.15, 0.2) is 10.8 Å². The summed E-state index contributed by atoms with van der Waals surface area (Å²) >= 11 is 6.21. The Labute approximate surface area is 117 Å². The van der Waals surface area contributed by atoms with Crippen LogP contribution in [0, 0.1) is 6.92 Å². The second kappa shape index (κ2) is 3.97. The monoisotopic (exact) mass is 286 g/mol. The van der Waals surface area contributed by atoms with Crippen molar-refractivity contribution in [3.8, 4) is 11.6 Å². The third-order valence-corrected chi connectivity index (χ3v) is 3.23. The van der Waals surface area contributed by atoms with Crippen LogP contribution >= 0.6 is 11.6 Å². The number of fused-ring (bicyclic) bond motifs is 3.